The van der Waals surface area contributed by atoms with Crippen LogP contribution in [0.25, 0.3) is 0 Å². The summed E-state index contributed by atoms with van der Waals surface area (Å²) in [7, 11) is 0. The number of nitrogens with one attached hydrogen (secondary N) is 1. The molecule has 1 N–H and O–H groups in total. The number of rotatable bonds is 5. The average molecular weight is 449 g/mol. The van der Waals surface area contributed by atoms with Crippen molar-refractivity contribution >= 4 is 39.7 Å². The van der Waals surface area contributed by atoms with E-state index < -0.39 is 11.6 Å². The Hall–Kier alpha value is -2.71. The van der Waals surface area contributed by atoms with Crippen LogP contribution < -0.4 is 15.1 Å². The highest BCUT2D eigenvalue weighted by molar-refractivity contribution is 7.13. The van der Waals surface area contributed by atoms with Gasteiger partial charge in [0.05, 0.1) is 0 Å². The molecule has 0 unspecified atom stereocenters. The van der Waals surface area contributed by atoms with E-state index in [9.17, 15) is 13.6 Å². The van der Waals surface area contributed by atoms with Crippen molar-refractivity contribution in [2.75, 3.05) is 36.0 Å². The van der Waals surface area contributed by atoms with Gasteiger partial charge in [0.1, 0.15) is 17.3 Å². The van der Waals surface area contributed by atoms with Crippen LogP contribution >= 0.6 is 22.9 Å². The Labute approximate surface area is 181 Å². The summed E-state index contributed by atoms with van der Waals surface area (Å²) >= 11 is 7.36. The summed E-state index contributed by atoms with van der Waals surface area (Å²) < 4.78 is 26.7. The molecular weight excluding hydrogens is 430 g/mol. The SMILES string of the molecule is O=C(NCc1ccc(F)cc1F)c1csc(N2CCN(c3ccc(Cl)cc3)CC2)n1. The maximum absolute atomic E-state index is 13.7. The third-order valence-electron chi connectivity index (χ3n) is 4.92. The standard InChI is InChI=1S/C21H19ClF2N4OS/c22-15-2-5-17(6-3-15)27-7-9-28(10-8-27)21-26-19(13-30-21)20(29)25-12-14-1-4-16(23)11-18(14)24/h1-6,11,13H,7-10,12H2,(H,25,29). The van der Waals surface area contributed by atoms with Gasteiger partial charge in [-0.15, -0.1) is 11.3 Å². The van der Waals surface area contributed by atoms with Crippen LogP contribution in [0.2, 0.25) is 5.02 Å². The van der Waals surface area contributed by atoms with E-state index in [1.807, 2.05) is 24.3 Å². The molecule has 5 nitrogen and oxygen atoms in total. The zero-order chi connectivity index (χ0) is 21.1. The topological polar surface area (TPSA) is 48.5 Å². The number of halogens is 3. The summed E-state index contributed by atoms with van der Waals surface area (Å²) in [6.07, 6.45) is 0. The second-order valence-electron chi connectivity index (χ2n) is 6.88. The minimum Gasteiger partial charge on any atom is -0.368 e. The van der Waals surface area contributed by atoms with Gasteiger partial charge in [0.2, 0.25) is 0 Å². The predicted octanol–water partition coefficient (Wildman–Crippen LogP) is 4.33. The van der Waals surface area contributed by atoms with Crippen molar-refractivity contribution in [3.05, 3.63) is 75.8 Å². The molecule has 1 aromatic heterocycles. The van der Waals surface area contributed by atoms with E-state index >= 15 is 0 Å². The number of carbonyl (C=O) groups excluding carboxylic acids is 1. The molecule has 1 saturated heterocycles. The van der Waals surface area contributed by atoms with E-state index in [2.05, 4.69) is 20.1 Å². The molecular formula is C21H19ClF2N4OS. The van der Waals surface area contributed by atoms with Gasteiger partial charge < -0.3 is 15.1 Å². The van der Waals surface area contributed by atoms with Gasteiger partial charge in [0.15, 0.2) is 5.13 Å². The maximum Gasteiger partial charge on any atom is 0.271 e. The van der Waals surface area contributed by atoms with Crippen molar-refractivity contribution in [3.63, 3.8) is 0 Å². The van der Waals surface area contributed by atoms with Gasteiger partial charge in [-0.1, -0.05) is 17.7 Å². The summed E-state index contributed by atoms with van der Waals surface area (Å²) in [4.78, 5) is 21.2. The molecule has 30 heavy (non-hydrogen) atoms. The number of anilines is 2. The molecule has 0 bridgehead atoms. The van der Waals surface area contributed by atoms with Crippen molar-refractivity contribution in [3.8, 4) is 0 Å². The highest BCUT2D eigenvalue weighted by atomic mass is 35.5. The first-order valence-corrected chi connectivity index (χ1v) is 10.7. The number of amides is 1. The van der Waals surface area contributed by atoms with E-state index in [4.69, 9.17) is 11.6 Å². The van der Waals surface area contributed by atoms with Crippen LogP contribution in [0.5, 0.6) is 0 Å². The van der Waals surface area contributed by atoms with Gasteiger partial charge in [-0.3, -0.25) is 4.79 Å². The summed E-state index contributed by atoms with van der Waals surface area (Å²) in [6, 6.07) is 11.1. The van der Waals surface area contributed by atoms with Crippen LogP contribution in [-0.4, -0.2) is 37.1 Å². The van der Waals surface area contributed by atoms with E-state index in [1.165, 1.54) is 17.4 Å². The fourth-order valence-electron chi connectivity index (χ4n) is 3.25. The molecule has 0 radical (unpaired) electrons. The molecule has 3 aromatic rings. The summed E-state index contributed by atoms with van der Waals surface area (Å²) in [5.74, 6) is -1.73. The Kier molecular flexibility index (Phi) is 6.15. The highest BCUT2D eigenvalue weighted by Crippen LogP contribution is 2.25. The lowest BCUT2D eigenvalue weighted by Crippen LogP contribution is -2.46. The number of piperazine rings is 1. The van der Waals surface area contributed by atoms with Crippen molar-refractivity contribution in [1.82, 2.24) is 10.3 Å². The molecule has 4 rings (SSSR count). The lowest BCUT2D eigenvalue weighted by atomic mass is 10.2. The zero-order valence-corrected chi connectivity index (χ0v) is 17.5. The van der Waals surface area contributed by atoms with Crippen molar-refractivity contribution in [2.24, 2.45) is 0 Å². The molecule has 2 heterocycles. The van der Waals surface area contributed by atoms with Crippen molar-refractivity contribution in [2.45, 2.75) is 6.54 Å². The number of aromatic nitrogens is 1. The zero-order valence-electron chi connectivity index (χ0n) is 15.9. The van der Waals surface area contributed by atoms with Gasteiger partial charge >= 0.3 is 0 Å². The number of hydrogen-bond donors (Lipinski definition) is 1. The first kappa shape index (κ1) is 20.6. The molecule has 1 aliphatic heterocycles. The number of nitrogens with zero attached hydrogens (tertiary/aromatic N) is 3. The van der Waals surface area contributed by atoms with E-state index in [0.717, 1.165) is 49.1 Å². The lowest BCUT2D eigenvalue weighted by Gasteiger charge is -2.36. The Bertz CT molecular complexity index is 1040. The highest BCUT2D eigenvalue weighted by Gasteiger charge is 2.21. The summed E-state index contributed by atoms with van der Waals surface area (Å²) in [6.45, 7) is 3.23. The first-order chi connectivity index (χ1) is 14.5. The summed E-state index contributed by atoms with van der Waals surface area (Å²) in [5, 5.41) is 5.82. The fourth-order valence-corrected chi connectivity index (χ4v) is 4.24. The number of thiazole rings is 1. The smallest absolute Gasteiger partial charge is 0.271 e. The lowest BCUT2D eigenvalue weighted by molar-refractivity contribution is 0.0946. The quantitative estimate of drug-likeness (QED) is 0.631. The normalized spacial score (nSPS) is 14.1. The fraction of sp³-hybridized carbons (Fsp3) is 0.238. The molecule has 9 heteroatoms. The van der Waals surface area contributed by atoms with Gasteiger partial charge in [0.25, 0.3) is 5.91 Å². The van der Waals surface area contributed by atoms with Crippen molar-refractivity contribution < 1.29 is 13.6 Å². The van der Waals surface area contributed by atoms with Crippen LogP contribution in [0.3, 0.4) is 0 Å². The van der Waals surface area contributed by atoms with Gasteiger partial charge in [-0.25, -0.2) is 13.8 Å². The van der Waals surface area contributed by atoms with E-state index in [0.29, 0.717) is 5.02 Å². The second kappa shape index (κ2) is 8.97. The monoisotopic (exact) mass is 448 g/mol. The predicted molar refractivity (Wildman–Crippen MR) is 116 cm³/mol. The third-order valence-corrected chi connectivity index (χ3v) is 6.07. The van der Waals surface area contributed by atoms with E-state index in [-0.39, 0.29) is 23.7 Å². The average Bonchev–Trinajstić information content (AvgIpc) is 3.24. The Morgan fingerprint density at radius 1 is 1.07 bits per heavy atom. The Balaban J connectivity index is 1.32. The Morgan fingerprint density at radius 3 is 2.47 bits per heavy atom. The largest absolute Gasteiger partial charge is 0.368 e. The van der Waals surface area contributed by atoms with Crippen LogP contribution in [0.1, 0.15) is 16.1 Å². The maximum atomic E-state index is 13.7. The first-order valence-electron chi connectivity index (χ1n) is 9.43. The van der Waals surface area contributed by atoms with Crippen LogP contribution in [0.15, 0.2) is 47.8 Å². The molecule has 1 amide bonds. The summed E-state index contributed by atoms with van der Waals surface area (Å²) in [5.41, 5.74) is 1.64. The van der Waals surface area contributed by atoms with Gasteiger partial charge in [0, 0.05) is 60.4 Å². The molecule has 0 saturated carbocycles. The van der Waals surface area contributed by atoms with Crippen LogP contribution in [-0.2, 0) is 6.54 Å². The molecule has 0 atom stereocenters. The number of benzene rings is 2. The van der Waals surface area contributed by atoms with E-state index in [1.54, 1.807) is 5.38 Å². The molecule has 1 fully saturated rings. The molecule has 2 aromatic carbocycles. The van der Waals surface area contributed by atoms with Crippen molar-refractivity contribution in [1.29, 1.82) is 0 Å². The molecule has 156 valence electrons. The third kappa shape index (κ3) is 4.71. The number of hydrogen-bond acceptors (Lipinski definition) is 5. The molecule has 0 spiro atoms. The Morgan fingerprint density at radius 2 is 1.77 bits per heavy atom. The van der Waals surface area contributed by atoms with Gasteiger partial charge in [-0.05, 0) is 30.3 Å². The van der Waals surface area contributed by atoms with Crippen LogP contribution in [0.4, 0.5) is 19.6 Å². The minimum absolute atomic E-state index is 0.0302. The minimum atomic E-state index is -0.687. The number of carbonyl (C=O) groups is 1. The second-order valence-corrected chi connectivity index (χ2v) is 8.16. The van der Waals surface area contributed by atoms with Gasteiger partial charge in [-0.2, -0.15) is 0 Å². The molecule has 1 aliphatic rings. The van der Waals surface area contributed by atoms with Crippen LogP contribution in [0, 0.1) is 11.6 Å². The molecule has 0 aliphatic carbocycles.